The molecule has 1 aliphatic heterocycles. The van der Waals surface area contributed by atoms with Crippen LogP contribution in [0.1, 0.15) is 28.9 Å². The van der Waals surface area contributed by atoms with Crippen molar-refractivity contribution >= 4 is 44.2 Å². The molecular formula is C19H18ClN3O4S. The smallest absolute Gasteiger partial charge is 0.276 e. The molecule has 7 nitrogen and oxygen atoms in total. The van der Waals surface area contributed by atoms with Gasteiger partial charge in [0, 0.05) is 18.1 Å². The maximum absolute atomic E-state index is 12.9. The SMILES string of the molecule is Cc1cc(Cl)ccc1NS(=O)(=O)c1ccc2onc(C(=O)N3CCCC3)c2c1. The minimum atomic E-state index is -3.87. The number of fused-ring (bicyclic) bond motifs is 1. The van der Waals surface area contributed by atoms with Gasteiger partial charge in [-0.15, -0.1) is 0 Å². The molecule has 1 N–H and O–H groups in total. The molecule has 9 heteroatoms. The van der Waals surface area contributed by atoms with Crippen LogP contribution in [0.5, 0.6) is 0 Å². The third-order valence-corrected chi connectivity index (χ3v) is 6.38. The minimum absolute atomic E-state index is 0.0213. The molecule has 2 heterocycles. The van der Waals surface area contributed by atoms with Gasteiger partial charge in [-0.25, -0.2) is 8.42 Å². The number of rotatable bonds is 4. The van der Waals surface area contributed by atoms with Crippen LogP contribution in [0.15, 0.2) is 45.8 Å². The van der Waals surface area contributed by atoms with Gasteiger partial charge in [0.2, 0.25) is 0 Å². The molecule has 0 atom stereocenters. The highest BCUT2D eigenvalue weighted by atomic mass is 35.5. The summed E-state index contributed by atoms with van der Waals surface area (Å²) in [6, 6.07) is 9.24. The molecule has 1 aromatic heterocycles. The largest absolute Gasteiger partial charge is 0.355 e. The third kappa shape index (κ3) is 3.45. The second-order valence-electron chi connectivity index (χ2n) is 6.75. The molecule has 1 fully saturated rings. The van der Waals surface area contributed by atoms with E-state index in [1.807, 2.05) is 0 Å². The van der Waals surface area contributed by atoms with Crippen LogP contribution in [0.25, 0.3) is 11.0 Å². The number of hydrogen-bond donors (Lipinski definition) is 1. The average molecular weight is 420 g/mol. The normalized spacial score (nSPS) is 14.6. The zero-order chi connectivity index (χ0) is 19.9. The topological polar surface area (TPSA) is 92.5 Å². The Morgan fingerprint density at radius 2 is 1.93 bits per heavy atom. The molecule has 0 spiro atoms. The number of benzene rings is 2. The number of halogens is 1. The standard InChI is InChI=1S/C19H18ClN3O4S/c1-12-10-13(20)4-6-16(12)22-28(25,26)14-5-7-17-15(11-14)18(21-27-17)19(24)23-8-2-3-9-23/h4-7,10-11,22H,2-3,8-9H2,1H3. The summed E-state index contributed by atoms with van der Waals surface area (Å²) in [5.74, 6) is -0.243. The number of aromatic nitrogens is 1. The summed E-state index contributed by atoms with van der Waals surface area (Å²) in [4.78, 5) is 14.4. The number of anilines is 1. The van der Waals surface area contributed by atoms with Crippen LogP contribution in [-0.4, -0.2) is 37.5 Å². The lowest BCUT2D eigenvalue weighted by molar-refractivity contribution is 0.0784. The molecule has 0 saturated carbocycles. The highest BCUT2D eigenvalue weighted by Gasteiger charge is 2.26. The Morgan fingerprint density at radius 1 is 1.18 bits per heavy atom. The first kappa shape index (κ1) is 18.8. The molecule has 0 aliphatic carbocycles. The average Bonchev–Trinajstić information content (AvgIpc) is 3.32. The van der Waals surface area contributed by atoms with Crippen molar-refractivity contribution in [1.82, 2.24) is 10.1 Å². The number of nitrogens with zero attached hydrogens (tertiary/aromatic N) is 2. The first-order valence-corrected chi connectivity index (χ1v) is 10.7. The van der Waals surface area contributed by atoms with Crippen molar-refractivity contribution in [2.24, 2.45) is 0 Å². The molecule has 146 valence electrons. The minimum Gasteiger partial charge on any atom is -0.355 e. The summed E-state index contributed by atoms with van der Waals surface area (Å²) in [6.07, 6.45) is 1.90. The summed E-state index contributed by atoms with van der Waals surface area (Å²) in [5.41, 5.74) is 1.64. The van der Waals surface area contributed by atoms with Gasteiger partial charge in [-0.3, -0.25) is 9.52 Å². The summed E-state index contributed by atoms with van der Waals surface area (Å²) in [6.45, 7) is 3.10. The van der Waals surface area contributed by atoms with Gasteiger partial charge in [0.25, 0.3) is 15.9 Å². The van der Waals surface area contributed by atoms with Crippen LogP contribution in [0, 0.1) is 6.92 Å². The van der Waals surface area contributed by atoms with Crippen LogP contribution >= 0.6 is 11.6 Å². The first-order chi connectivity index (χ1) is 13.3. The van der Waals surface area contributed by atoms with Crippen LogP contribution in [0.3, 0.4) is 0 Å². The van der Waals surface area contributed by atoms with Crippen molar-refractivity contribution in [2.75, 3.05) is 17.8 Å². The second kappa shape index (κ2) is 7.10. The van der Waals surface area contributed by atoms with Gasteiger partial charge in [0.15, 0.2) is 11.3 Å². The van der Waals surface area contributed by atoms with Crippen LogP contribution in [0.4, 0.5) is 5.69 Å². The van der Waals surface area contributed by atoms with Gasteiger partial charge in [-0.05, 0) is 61.7 Å². The summed E-state index contributed by atoms with van der Waals surface area (Å²) in [5, 5.41) is 4.78. The van der Waals surface area contributed by atoms with Crippen molar-refractivity contribution in [1.29, 1.82) is 0 Å². The molecule has 3 aromatic rings. The number of carbonyl (C=O) groups excluding carboxylic acids is 1. The van der Waals surface area contributed by atoms with E-state index in [0.29, 0.717) is 40.3 Å². The number of carbonyl (C=O) groups is 1. The number of sulfonamides is 1. The predicted molar refractivity (Wildman–Crippen MR) is 106 cm³/mol. The van der Waals surface area contributed by atoms with Crippen molar-refractivity contribution in [3.63, 3.8) is 0 Å². The number of likely N-dealkylation sites (tertiary alicyclic amines) is 1. The number of aryl methyl sites for hydroxylation is 1. The molecule has 2 aromatic carbocycles. The Hall–Kier alpha value is -2.58. The Labute approximate surface area is 167 Å². The molecule has 0 unspecified atom stereocenters. The lowest BCUT2D eigenvalue weighted by Crippen LogP contribution is -2.28. The van der Waals surface area contributed by atoms with Gasteiger partial charge < -0.3 is 9.42 Å². The fraction of sp³-hybridized carbons (Fsp3) is 0.263. The molecular weight excluding hydrogens is 402 g/mol. The summed E-state index contributed by atoms with van der Waals surface area (Å²) in [7, 11) is -3.87. The van der Waals surface area contributed by atoms with Crippen molar-refractivity contribution < 1.29 is 17.7 Å². The van der Waals surface area contributed by atoms with E-state index in [4.69, 9.17) is 16.1 Å². The lowest BCUT2D eigenvalue weighted by atomic mass is 10.2. The number of nitrogens with one attached hydrogen (secondary N) is 1. The molecule has 0 bridgehead atoms. The van der Waals surface area contributed by atoms with E-state index in [1.165, 1.54) is 18.2 Å². The van der Waals surface area contributed by atoms with Gasteiger partial charge in [-0.1, -0.05) is 16.8 Å². The van der Waals surface area contributed by atoms with Crippen molar-refractivity contribution in [2.45, 2.75) is 24.7 Å². The van der Waals surface area contributed by atoms with Gasteiger partial charge in [0.05, 0.1) is 16.0 Å². The fourth-order valence-corrected chi connectivity index (χ4v) is 4.64. The molecule has 4 rings (SSSR count). The second-order valence-corrected chi connectivity index (χ2v) is 8.87. The molecule has 1 saturated heterocycles. The van der Waals surface area contributed by atoms with E-state index in [-0.39, 0.29) is 16.5 Å². The molecule has 0 radical (unpaired) electrons. The summed E-state index contributed by atoms with van der Waals surface area (Å²) < 4.78 is 33.5. The number of hydrogen-bond acceptors (Lipinski definition) is 5. The predicted octanol–water partition coefficient (Wildman–Crippen LogP) is 3.83. The van der Waals surface area contributed by atoms with Crippen LogP contribution < -0.4 is 4.72 Å². The van der Waals surface area contributed by atoms with E-state index >= 15 is 0 Å². The highest BCUT2D eigenvalue weighted by Crippen LogP contribution is 2.27. The lowest BCUT2D eigenvalue weighted by Gasteiger charge is -2.13. The summed E-state index contributed by atoms with van der Waals surface area (Å²) >= 11 is 5.93. The van der Waals surface area contributed by atoms with Crippen molar-refractivity contribution in [3.8, 4) is 0 Å². The van der Waals surface area contributed by atoms with E-state index < -0.39 is 10.0 Å². The molecule has 1 aliphatic rings. The van der Waals surface area contributed by atoms with E-state index in [0.717, 1.165) is 12.8 Å². The molecule has 1 amide bonds. The Morgan fingerprint density at radius 3 is 2.64 bits per heavy atom. The Bertz CT molecular complexity index is 1170. The maximum Gasteiger partial charge on any atom is 0.276 e. The third-order valence-electron chi connectivity index (χ3n) is 4.78. The van der Waals surface area contributed by atoms with Crippen molar-refractivity contribution in [3.05, 3.63) is 52.7 Å². The zero-order valence-electron chi connectivity index (χ0n) is 15.1. The van der Waals surface area contributed by atoms with Crippen LogP contribution in [0.2, 0.25) is 5.02 Å². The fourth-order valence-electron chi connectivity index (χ4n) is 3.25. The zero-order valence-corrected chi connectivity index (χ0v) is 16.7. The van der Waals surface area contributed by atoms with E-state index in [2.05, 4.69) is 9.88 Å². The van der Waals surface area contributed by atoms with Gasteiger partial charge in [-0.2, -0.15) is 0 Å². The Kier molecular flexibility index (Phi) is 4.76. The van der Waals surface area contributed by atoms with Gasteiger partial charge >= 0.3 is 0 Å². The molecule has 28 heavy (non-hydrogen) atoms. The van der Waals surface area contributed by atoms with Gasteiger partial charge in [0.1, 0.15) is 0 Å². The van der Waals surface area contributed by atoms with E-state index in [9.17, 15) is 13.2 Å². The highest BCUT2D eigenvalue weighted by molar-refractivity contribution is 7.92. The van der Waals surface area contributed by atoms with Crippen LogP contribution in [-0.2, 0) is 10.0 Å². The number of amides is 1. The quantitative estimate of drug-likeness (QED) is 0.693. The first-order valence-electron chi connectivity index (χ1n) is 8.83. The Balaban J connectivity index is 1.70. The van der Waals surface area contributed by atoms with E-state index in [1.54, 1.807) is 30.0 Å². The maximum atomic E-state index is 12.9. The monoisotopic (exact) mass is 419 g/mol.